The van der Waals surface area contributed by atoms with Gasteiger partial charge in [-0.25, -0.2) is 4.68 Å². The van der Waals surface area contributed by atoms with Crippen LogP contribution in [0.4, 0.5) is 0 Å². The van der Waals surface area contributed by atoms with Crippen LogP contribution in [0, 0.1) is 0 Å². The molecule has 2 aromatic heterocycles. The Labute approximate surface area is 95.2 Å². The molecule has 0 spiro atoms. The van der Waals surface area contributed by atoms with E-state index in [0.717, 1.165) is 5.69 Å². The molecule has 0 amide bonds. The highest BCUT2D eigenvalue weighted by molar-refractivity contribution is 5.56. The summed E-state index contributed by atoms with van der Waals surface area (Å²) in [4.78, 5) is 4.37. The second-order valence-corrected chi connectivity index (χ2v) is 3.44. The van der Waals surface area contributed by atoms with Gasteiger partial charge >= 0.3 is 0 Å². The van der Waals surface area contributed by atoms with Crippen LogP contribution in [-0.4, -0.2) is 25.1 Å². The molecule has 84 valence electrons. The number of hydrogen-bond acceptors (Lipinski definition) is 4. The van der Waals surface area contributed by atoms with E-state index in [2.05, 4.69) is 15.3 Å². The molecule has 0 aromatic carbocycles. The van der Waals surface area contributed by atoms with Crippen LogP contribution >= 0.6 is 0 Å². The quantitative estimate of drug-likeness (QED) is 0.834. The smallest absolute Gasteiger partial charge is 0.137 e. The Kier molecular flexibility index (Phi) is 2.61. The minimum Gasteiger partial charge on any atom is -0.390 e. The Morgan fingerprint density at radius 1 is 1.56 bits per heavy atom. The van der Waals surface area contributed by atoms with E-state index in [1.165, 1.54) is 4.68 Å². The fourth-order valence-corrected chi connectivity index (χ4v) is 1.50. The van der Waals surface area contributed by atoms with Crippen molar-refractivity contribution in [3.05, 3.63) is 29.6 Å². The van der Waals surface area contributed by atoms with E-state index in [1.54, 1.807) is 19.2 Å². The summed E-state index contributed by atoms with van der Waals surface area (Å²) in [6, 6.07) is 3.84. The fraction of sp³-hybridized carbons (Fsp3) is 0.364. The van der Waals surface area contributed by atoms with Gasteiger partial charge in [0.2, 0.25) is 0 Å². The fourth-order valence-electron chi connectivity index (χ4n) is 1.50. The molecule has 0 atom stereocenters. The van der Waals surface area contributed by atoms with Gasteiger partial charge in [0.15, 0.2) is 0 Å². The second kappa shape index (κ2) is 4.40. The summed E-state index contributed by atoms with van der Waals surface area (Å²) in [5.74, 6) is 0. The Balaban J connectivity index is 2.52. The minimum absolute atomic E-state index is 0.134. The summed E-state index contributed by atoms with van der Waals surface area (Å²) in [7, 11) is 1.72. The molecule has 2 aromatic rings. The predicted octanol–water partition coefficient (Wildman–Crippen LogP) is 0.932. The van der Waals surface area contributed by atoms with Crippen molar-refractivity contribution in [2.45, 2.75) is 20.0 Å². The molecule has 2 rings (SSSR count). The van der Waals surface area contributed by atoms with Crippen molar-refractivity contribution >= 4 is 0 Å². The second-order valence-electron chi connectivity index (χ2n) is 3.44. The lowest BCUT2D eigenvalue weighted by atomic mass is 10.2. The molecule has 2 heterocycles. The third kappa shape index (κ3) is 1.81. The number of aryl methyl sites for hydroxylation is 2. The Hall–Kier alpha value is -1.75. The first-order valence-corrected chi connectivity index (χ1v) is 5.13. The van der Waals surface area contributed by atoms with Crippen LogP contribution in [0.3, 0.4) is 0 Å². The van der Waals surface area contributed by atoms with Gasteiger partial charge < -0.3 is 5.11 Å². The Morgan fingerprint density at radius 2 is 2.38 bits per heavy atom. The van der Waals surface area contributed by atoms with Crippen molar-refractivity contribution in [2.75, 3.05) is 0 Å². The van der Waals surface area contributed by atoms with Crippen molar-refractivity contribution in [3.8, 4) is 11.4 Å². The highest BCUT2D eigenvalue weighted by Gasteiger charge is 2.12. The largest absolute Gasteiger partial charge is 0.390 e. The predicted molar refractivity (Wildman–Crippen MR) is 59.5 cm³/mol. The average molecular weight is 219 g/mol. The molecule has 5 nitrogen and oxygen atoms in total. The van der Waals surface area contributed by atoms with Crippen LogP contribution in [0.1, 0.15) is 19.7 Å². The zero-order valence-electron chi connectivity index (χ0n) is 10.3. The van der Waals surface area contributed by atoms with E-state index >= 15 is 0 Å². The van der Waals surface area contributed by atoms with Crippen molar-refractivity contribution in [1.82, 2.24) is 20.0 Å². The maximum atomic E-state index is 9.26. The molecule has 1 N–H and O–H groups in total. The van der Waals surface area contributed by atoms with Crippen molar-refractivity contribution in [1.29, 1.82) is 0 Å². The van der Waals surface area contributed by atoms with Gasteiger partial charge in [-0.3, -0.25) is 4.98 Å². The van der Waals surface area contributed by atoms with Gasteiger partial charge in [-0.15, -0.1) is 5.10 Å². The lowest BCUT2D eigenvalue weighted by Gasteiger charge is -2.02. The van der Waals surface area contributed by atoms with Crippen molar-refractivity contribution < 1.29 is 6.48 Å². The first-order valence-electron chi connectivity index (χ1n) is 5.63. The van der Waals surface area contributed by atoms with E-state index in [4.69, 9.17) is 1.37 Å². The zero-order valence-corrected chi connectivity index (χ0v) is 9.30. The van der Waals surface area contributed by atoms with E-state index < -0.39 is 0 Å². The molecular weight excluding hydrogens is 204 g/mol. The number of rotatable bonds is 3. The van der Waals surface area contributed by atoms with Gasteiger partial charge in [-0.05, 0) is 18.5 Å². The molecule has 0 fully saturated rings. The molecule has 0 aliphatic rings. The monoisotopic (exact) mass is 219 g/mol. The minimum atomic E-state index is -0.134. The summed E-state index contributed by atoms with van der Waals surface area (Å²) in [6.07, 6.45) is 0.696. The molecule has 16 heavy (non-hydrogen) atoms. The highest BCUT2D eigenvalue weighted by Crippen LogP contribution is 2.18. The summed E-state index contributed by atoms with van der Waals surface area (Å²) in [6.45, 7) is 1.82. The van der Waals surface area contributed by atoms with Crippen molar-refractivity contribution in [3.63, 3.8) is 0 Å². The lowest BCUT2D eigenvalue weighted by molar-refractivity contribution is 0.271. The molecule has 0 unspecified atom stereocenters. The molecule has 0 aliphatic carbocycles. The highest BCUT2D eigenvalue weighted by atomic mass is 16.3. The van der Waals surface area contributed by atoms with Gasteiger partial charge in [0, 0.05) is 12.7 Å². The van der Waals surface area contributed by atoms with Crippen LogP contribution in [0.25, 0.3) is 11.4 Å². The maximum absolute atomic E-state index is 9.26. The SMILES string of the molecule is [2H]c1ccc(-c2nnn(C)c2CO)nc1CC. The third-order valence-electron chi connectivity index (χ3n) is 2.42. The van der Waals surface area contributed by atoms with Gasteiger partial charge in [-0.2, -0.15) is 0 Å². The van der Waals surface area contributed by atoms with Gasteiger partial charge in [0.1, 0.15) is 5.69 Å². The molecule has 0 bridgehead atoms. The number of aliphatic hydroxyl groups is 1. The van der Waals surface area contributed by atoms with Crippen LogP contribution < -0.4 is 0 Å². The van der Waals surface area contributed by atoms with E-state index in [9.17, 15) is 5.11 Å². The van der Waals surface area contributed by atoms with Gasteiger partial charge in [0.25, 0.3) is 0 Å². The molecular formula is C11H14N4O. The number of hydrogen-bond donors (Lipinski definition) is 1. The molecule has 5 heteroatoms. The van der Waals surface area contributed by atoms with Crippen LogP contribution in [0.15, 0.2) is 18.2 Å². The topological polar surface area (TPSA) is 63.8 Å². The van der Waals surface area contributed by atoms with Crippen molar-refractivity contribution in [2.24, 2.45) is 7.05 Å². The Morgan fingerprint density at radius 3 is 3.06 bits per heavy atom. The van der Waals surface area contributed by atoms with Crippen LogP contribution in [0.5, 0.6) is 0 Å². The number of aliphatic hydroxyl groups excluding tert-OH is 1. The summed E-state index contributed by atoms with van der Waals surface area (Å²) >= 11 is 0. The first kappa shape index (κ1) is 9.47. The molecule has 0 saturated carbocycles. The molecule has 0 aliphatic heterocycles. The van der Waals surface area contributed by atoms with Gasteiger partial charge in [-0.1, -0.05) is 18.2 Å². The summed E-state index contributed by atoms with van der Waals surface area (Å²) in [5, 5.41) is 17.1. The number of nitrogens with zero attached hydrogens (tertiary/aromatic N) is 4. The van der Waals surface area contributed by atoms with Crippen LogP contribution in [-0.2, 0) is 20.1 Å². The molecule has 0 radical (unpaired) electrons. The lowest BCUT2D eigenvalue weighted by Crippen LogP contribution is -1.99. The third-order valence-corrected chi connectivity index (χ3v) is 2.42. The normalized spacial score (nSPS) is 11.6. The number of pyridine rings is 1. The van der Waals surface area contributed by atoms with E-state index in [0.29, 0.717) is 29.5 Å². The Bertz CT molecular complexity index is 538. The first-order chi connectivity index (χ1) is 8.17. The average Bonchev–Trinajstić information content (AvgIpc) is 2.71. The standard InChI is InChI=1S/C11H14N4O/c1-3-8-5-4-6-9(12-8)11-10(7-16)15(2)14-13-11/h4-6,16H,3,7H2,1-2H3/i5D. The number of aromatic nitrogens is 4. The summed E-state index contributed by atoms with van der Waals surface area (Å²) < 4.78 is 9.21. The summed E-state index contributed by atoms with van der Waals surface area (Å²) in [5.41, 5.74) is 2.56. The maximum Gasteiger partial charge on any atom is 0.137 e. The van der Waals surface area contributed by atoms with E-state index in [1.807, 2.05) is 6.92 Å². The molecule has 0 saturated heterocycles. The van der Waals surface area contributed by atoms with Gasteiger partial charge in [0.05, 0.1) is 19.4 Å². The zero-order chi connectivity index (χ0) is 12.4. The van der Waals surface area contributed by atoms with Crippen LogP contribution in [0.2, 0.25) is 0 Å². The van der Waals surface area contributed by atoms with E-state index in [-0.39, 0.29) is 6.61 Å².